The maximum Gasteiger partial charge on any atom is 0.415 e. The first-order valence-corrected chi connectivity index (χ1v) is 9.91. The SMILES string of the molecule is COc1ccc2ccc(OC(=O)N3CCC(c4ccc(F)c(Cl)c4)CC3)cc2c1. The van der Waals surface area contributed by atoms with Crippen molar-refractivity contribution in [3.8, 4) is 11.5 Å². The van der Waals surface area contributed by atoms with Crippen LogP contribution in [0.15, 0.2) is 54.6 Å². The smallest absolute Gasteiger partial charge is 0.415 e. The second-order valence-corrected chi connectivity index (χ2v) is 7.58. The Balaban J connectivity index is 1.39. The molecule has 0 saturated carbocycles. The molecule has 3 aromatic rings. The minimum absolute atomic E-state index is 0.136. The highest BCUT2D eigenvalue weighted by Gasteiger charge is 2.25. The first-order chi connectivity index (χ1) is 14.0. The number of ether oxygens (including phenoxy) is 2. The number of rotatable bonds is 3. The summed E-state index contributed by atoms with van der Waals surface area (Å²) in [7, 11) is 1.62. The second-order valence-electron chi connectivity index (χ2n) is 7.18. The van der Waals surface area contributed by atoms with Gasteiger partial charge in [-0.3, -0.25) is 0 Å². The van der Waals surface area contributed by atoms with Gasteiger partial charge in [-0.15, -0.1) is 0 Å². The van der Waals surface area contributed by atoms with Crippen molar-refractivity contribution in [3.05, 3.63) is 71.0 Å². The van der Waals surface area contributed by atoms with E-state index >= 15 is 0 Å². The van der Waals surface area contributed by atoms with Gasteiger partial charge in [-0.25, -0.2) is 9.18 Å². The molecule has 1 saturated heterocycles. The maximum atomic E-state index is 13.4. The molecular weight excluding hydrogens is 393 g/mol. The van der Waals surface area contributed by atoms with Crippen molar-refractivity contribution in [1.82, 2.24) is 4.90 Å². The second kappa shape index (κ2) is 8.29. The molecule has 0 radical (unpaired) electrons. The van der Waals surface area contributed by atoms with Crippen molar-refractivity contribution >= 4 is 28.5 Å². The number of carbonyl (C=O) groups is 1. The maximum absolute atomic E-state index is 13.4. The fraction of sp³-hybridized carbons (Fsp3) is 0.261. The molecule has 0 unspecified atom stereocenters. The molecule has 4 rings (SSSR count). The number of hydrogen-bond acceptors (Lipinski definition) is 3. The molecule has 1 fully saturated rings. The van der Waals surface area contributed by atoms with E-state index in [1.54, 1.807) is 30.2 Å². The molecule has 1 aliphatic heterocycles. The molecule has 4 nitrogen and oxygen atoms in total. The van der Waals surface area contributed by atoms with Crippen molar-refractivity contribution in [2.24, 2.45) is 0 Å². The lowest BCUT2D eigenvalue weighted by Gasteiger charge is -2.31. The van der Waals surface area contributed by atoms with Gasteiger partial charge in [0, 0.05) is 13.1 Å². The van der Waals surface area contributed by atoms with Crippen molar-refractivity contribution in [2.75, 3.05) is 20.2 Å². The lowest BCUT2D eigenvalue weighted by Crippen LogP contribution is -2.39. The topological polar surface area (TPSA) is 38.8 Å². The lowest BCUT2D eigenvalue weighted by molar-refractivity contribution is 0.139. The molecular formula is C23H21ClFNO3. The van der Waals surface area contributed by atoms with E-state index in [9.17, 15) is 9.18 Å². The Morgan fingerprint density at radius 2 is 1.69 bits per heavy atom. The number of hydrogen-bond donors (Lipinski definition) is 0. The highest BCUT2D eigenvalue weighted by Crippen LogP contribution is 2.31. The third-order valence-corrected chi connectivity index (χ3v) is 5.68. The van der Waals surface area contributed by atoms with Crippen LogP contribution in [0, 0.1) is 5.82 Å². The largest absolute Gasteiger partial charge is 0.497 e. The molecule has 1 aliphatic rings. The quantitative estimate of drug-likeness (QED) is 0.527. The van der Waals surface area contributed by atoms with Crippen molar-refractivity contribution in [1.29, 1.82) is 0 Å². The number of methoxy groups -OCH3 is 1. The first-order valence-electron chi connectivity index (χ1n) is 9.53. The van der Waals surface area contributed by atoms with E-state index < -0.39 is 5.82 Å². The van der Waals surface area contributed by atoms with Crippen LogP contribution in [0.1, 0.15) is 24.3 Å². The van der Waals surface area contributed by atoms with Crippen molar-refractivity contribution in [3.63, 3.8) is 0 Å². The minimum Gasteiger partial charge on any atom is -0.497 e. The average Bonchev–Trinajstić information content (AvgIpc) is 2.75. The van der Waals surface area contributed by atoms with E-state index in [1.807, 2.05) is 30.3 Å². The predicted octanol–water partition coefficient (Wildman–Crippen LogP) is 6.02. The summed E-state index contributed by atoms with van der Waals surface area (Å²) in [5, 5.41) is 2.13. The number of halogens is 2. The number of amides is 1. The molecule has 0 N–H and O–H groups in total. The highest BCUT2D eigenvalue weighted by molar-refractivity contribution is 6.30. The van der Waals surface area contributed by atoms with Crippen molar-refractivity contribution in [2.45, 2.75) is 18.8 Å². The van der Waals surface area contributed by atoms with Crippen LogP contribution in [-0.2, 0) is 0 Å². The summed E-state index contributed by atoms with van der Waals surface area (Å²) in [4.78, 5) is 14.3. The first kappa shape index (κ1) is 19.5. The van der Waals surface area contributed by atoms with E-state index in [0.29, 0.717) is 18.8 Å². The van der Waals surface area contributed by atoms with Crippen LogP contribution in [0.2, 0.25) is 5.02 Å². The van der Waals surface area contributed by atoms with Gasteiger partial charge in [0.25, 0.3) is 0 Å². The fourth-order valence-corrected chi connectivity index (χ4v) is 3.91. The Bertz CT molecular complexity index is 1050. The minimum atomic E-state index is -0.413. The predicted molar refractivity (Wildman–Crippen MR) is 111 cm³/mol. The Morgan fingerprint density at radius 1 is 1.00 bits per heavy atom. The number of fused-ring (bicyclic) bond motifs is 1. The monoisotopic (exact) mass is 413 g/mol. The number of likely N-dealkylation sites (tertiary alicyclic amines) is 1. The van der Waals surface area contributed by atoms with Gasteiger partial charge in [-0.1, -0.05) is 29.8 Å². The highest BCUT2D eigenvalue weighted by atomic mass is 35.5. The summed E-state index contributed by atoms with van der Waals surface area (Å²) < 4.78 is 24.2. The Hall–Kier alpha value is -2.79. The zero-order chi connectivity index (χ0) is 20.4. The Morgan fingerprint density at radius 3 is 2.38 bits per heavy atom. The van der Waals surface area contributed by atoms with E-state index in [1.165, 1.54) is 6.07 Å². The molecule has 0 atom stereocenters. The molecule has 29 heavy (non-hydrogen) atoms. The number of carbonyl (C=O) groups excluding carboxylic acids is 1. The Kier molecular flexibility index (Phi) is 5.58. The third kappa shape index (κ3) is 4.30. The van der Waals surface area contributed by atoms with Crippen molar-refractivity contribution < 1.29 is 18.7 Å². The van der Waals surface area contributed by atoms with Gasteiger partial charge < -0.3 is 14.4 Å². The van der Waals surface area contributed by atoms with Crippen LogP contribution in [0.3, 0.4) is 0 Å². The van der Waals surface area contributed by atoms with Gasteiger partial charge in [0.2, 0.25) is 0 Å². The standard InChI is InChI=1S/C23H21ClFNO3/c1-28-19-5-2-15-3-6-20(13-18(15)12-19)29-23(27)26-10-8-16(9-11-26)17-4-7-22(25)21(24)14-17/h2-7,12-14,16H,8-11H2,1H3. The summed E-state index contributed by atoms with van der Waals surface area (Å²) in [5.41, 5.74) is 1.01. The molecule has 0 bridgehead atoms. The molecule has 1 amide bonds. The Labute approximate surface area is 173 Å². The summed E-state index contributed by atoms with van der Waals surface area (Å²) in [5.74, 6) is 1.10. The summed E-state index contributed by atoms with van der Waals surface area (Å²) in [6, 6.07) is 16.2. The van der Waals surface area contributed by atoms with Crippen LogP contribution in [0.25, 0.3) is 10.8 Å². The lowest BCUT2D eigenvalue weighted by atomic mass is 9.89. The van der Waals surface area contributed by atoms with Gasteiger partial charge in [-0.05, 0) is 71.5 Å². The average molecular weight is 414 g/mol. The molecule has 0 spiro atoms. The van der Waals surface area contributed by atoms with E-state index in [4.69, 9.17) is 21.1 Å². The van der Waals surface area contributed by atoms with Gasteiger partial charge in [0.15, 0.2) is 0 Å². The van der Waals surface area contributed by atoms with E-state index in [0.717, 1.165) is 34.9 Å². The summed E-state index contributed by atoms with van der Waals surface area (Å²) >= 11 is 5.90. The van der Waals surface area contributed by atoms with Crippen LogP contribution in [0.5, 0.6) is 11.5 Å². The zero-order valence-electron chi connectivity index (χ0n) is 16.0. The molecule has 150 valence electrons. The third-order valence-electron chi connectivity index (χ3n) is 5.39. The van der Waals surface area contributed by atoms with E-state index in [-0.39, 0.29) is 17.0 Å². The summed E-state index contributed by atoms with van der Waals surface area (Å²) in [6.45, 7) is 1.17. The van der Waals surface area contributed by atoms with Crippen LogP contribution >= 0.6 is 11.6 Å². The number of piperidine rings is 1. The van der Waals surface area contributed by atoms with Crippen LogP contribution in [0.4, 0.5) is 9.18 Å². The molecule has 6 heteroatoms. The van der Waals surface area contributed by atoms with Crippen LogP contribution < -0.4 is 9.47 Å². The number of nitrogens with zero attached hydrogens (tertiary/aromatic N) is 1. The molecule has 3 aromatic carbocycles. The van der Waals surface area contributed by atoms with Gasteiger partial charge in [-0.2, -0.15) is 0 Å². The summed E-state index contributed by atoms with van der Waals surface area (Å²) in [6.07, 6.45) is 1.21. The number of benzene rings is 3. The molecule has 1 heterocycles. The molecule has 0 aromatic heterocycles. The molecule has 0 aliphatic carbocycles. The van der Waals surface area contributed by atoms with Gasteiger partial charge in [0.05, 0.1) is 12.1 Å². The fourth-order valence-electron chi connectivity index (χ4n) is 3.72. The van der Waals surface area contributed by atoms with E-state index in [2.05, 4.69) is 0 Å². The van der Waals surface area contributed by atoms with Crippen LogP contribution in [-0.4, -0.2) is 31.2 Å². The normalized spacial score (nSPS) is 14.8. The zero-order valence-corrected chi connectivity index (χ0v) is 16.8. The van der Waals surface area contributed by atoms with Gasteiger partial charge >= 0.3 is 6.09 Å². The van der Waals surface area contributed by atoms with Gasteiger partial charge in [0.1, 0.15) is 17.3 Å².